The quantitative estimate of drug-likeness (QED) is 0.702. The van der Waals surface area contributed by atoms with E-state index in [2.05, 4.69) is 0 Å². The minimum Gasteiger partial charge on any atom is -0.480 e. The molecule has 3 N–H and O–H groups in total. The number of carboxylic acid groups (broad SMARTS) is 1. The van der Waals surface area contributed by atoms with Gasteiger partial charge in [-0.3, -0.25) is 4.79 Å². The lowest BCUT2D eigenvalue weighted by atomic mass is 10.2. The van der Waals surface area contributed by atoms with Gasteiger partial charge in [-0.2, -0.15) is 17.0 Å². The first kappa shape index (κ1) is 16.5. The molecule has 108 valence electrons. The smallest absolute Gasteiger partial charge is 0.321 e. The zero-order valence-corrected chi connectivity index (χ0v) is 12.2. The summed E-state index contributed by atoms with van der Waals surface area (Å²) < 4.78 is 23.9. The van der Waals surface area contributed by atoms with Crippen molar-refractivity contribution in [1.82, 2.24) is 0 Å². The summed E-state index contributed by atoms with van der Waals surface area (Å²) >= 11 is 1.18. The molecule has 1 aromatic rings. The maximum atomic E-state index is 12.0. The van der Waals surface area contributed by atoms with E-state index in [1.807, 2.05) is 6.07 Å². The summed E-state index contributed by atoms with van der Waals surface area (Å²) in [6.07, 6.45) is 0. The van der Waals surface area contributed by atoms with E-state index >= 15 is 0 Å². The summed E-state index contributed by atoms with van der Waals surface area (Å²) in [6.45, 7) is 0. The van der Waals surface area contributed by atoms with E-state index in [1.54, 1.807) is 0 Å². The average Bonchev–Trinajstić information content (AvgIpc) is 2.43. The second-order valence-corrected chi connectivity index (χ2v) is 7.23. The largest absolute Gasteiger partial charge is 0.480 e. The maximum absolute atomic E-state index is 12.0. The SMILES string of the molecule is N#Cc1ccc(S(=O)(=O)CCSCC(N)C(=O)O)cc1. The van der Waals surface area contributed by atoms with Crippen molar-refractivity contribution in [2.75, 3.05) is 17.3 Å². The van der Waals surface area contributed by atoms with E-state index in [4.69, 9.17) is 16.1 Å². The molecule has 1 unspecified atom stereocenters. The van der Waals surface area contributed by atoms with Gasteiger partial charge >= 0.3 is 5.97 Å². The Morgan fingerprint density at radius 3 is 2.50 bits per heavy atom. The number of carbonyl (C=O) groups is 1. The summed E-state index contributed by atoms with van der Waals surface area (Å²) in [5, 5.41) is 17.2. The number of hydrogen-bond acceptors (Lipinski definition) is 6. The lowest BCUT2D eigenvalue weighted by Gasteiger charge is -2.07. The van der Waals surface area contributed by atoms with Crippen LogP contribution in [0.15, 0.2) is 29.2 Å². The third-order valence-electron chi connectivity index (χ3n) is 2.45. The Hall–Kier alpha value is -1.56. The summed E-state index contributed by atoms with van der Waals surface area (Å²) in [7, 11) is -3.42. The summed E-state index contributed by atoms with van der Waals surface area (Å²) in [6, 6.07) is 6.59. The Morgan fingerprint density at radius 1 is 1.40 bits per heavy atom. The Kier molecular flexibility index (Phi) is 6.01. The van der Waals surface area contributed by atoms with Gasteiger partial charge in [0.05, 0.1) is 22.3 Å². The van der Waals surface area contributed by atoms with Crippen LogP contribution in [0.5, 0.6) is 0 Å². The van der Waals surface area contributed by atoms with Crippen LogP contribution in [0.25, 0.3) is 0 Å². The molecule has 0 bridgehead atoms. The third-order valence-corrected chi connectivity index (χ3v) is 5.53. The molecule has 0 saturated carbocycles. The third kappa shape index (κ3) is 4.85. The summed E-state index contributed by atoms with van der Waals surface area (Å²) in [5.41, 5.74) is 5.70. The highest BCUT2D eigenvalue weighted by Gasteiger charge is 2.16. The summed E-state index contributed by atoms with van der Waals surface area (Å²) in [5.74, 6) is -0.773. The van der Waals surface area contributed by atoms with Gasteiger partial charge in [0.25, 0.3) is 0 Å². The predicted octanol–water partition coefficient (Wildman–Crippen LogP) is 0.477. The number of aliphatic carboxylic acids is 1. The number of rotatable bonds is 7. The van der Waals surface area contributed by atoms with Gasteiger partial charge in [0.15, 0.2) is 9.84 Å². The van der Waals surface area contributed by atoms with Crippen LogP contribution >= 0.6 is 11.8 Å². The zero-order chi connectivity index (χ0) is 15.2. The molecule has 1 rings (SSSR count). The van der Waals surface area contributed by atoms with Crippen LogP contribution in [-0.2, 0) is 14.6 Å². The first-order valence-electron chi connectivity index (χ1n) is 5.66. The van der Waals surface area contributed by atoms with Gasteiger partial charge < -0.3 is 10.8 Å². The van der Waals surface area contributed by atoms with E-state index in [0.717, 1.165) is 0 Å². The molecule has 0 heterocycles. The van der Waals surface area contributed by atoms with Crippen LogP contribution < -0.4 is 5.73 Å². The minimum absolute atomic E-state index is 0.101. The van der Waals surface area contributed by atoms with E-state index in [9.17, 15) is 13.2 Å². The van der Waals surface area contributed by atoms with Crippen molar-refractivity contribution >= 4 is 27.6 Å². The first-order valence-corrected chi connectivity index (χ1v) is 8.46. The molecule has 1 aromatic carbocycles. The number of carboxylic acids is 1. The van der Waals surface area contributed by atoms with Gasteiger partial charge in [-0.25, -0.2) is 8.42 Å². The van der Waals surface area contributed by atoms with Crippen molar-refractivity contribution in [2.45, 2.75) is 10.9 Å². The molecule has 0 aliphatic rings. The molecule has 20 heavy (non-hydrogen) atoms. The van der Waals surface area contributed by atoms with Crippen LogP contribution in [0, 0.1) is 11.3 Å². The highest BCUT2D eigenvalue weighted by Crippen LogP contribution is 2.14. The summed E-state index contributed by atoms with van der Waals surface area (Å²) in [4.78, 5) is 10.6. The second kappa shape index (κ2) is 7.28. The fourth-order valence-electron chi connectivity index (χ4n) is 1.30. The van der Waals surface area contributed by atoms with E-state index in [-0.39, 0.29) is 22.2 Å². The number of nitriles is 1. The van der Waals surface area contributed by atoms with Gasteiger partial charge in [-0.15, -0.1) is 0 Å². The minimum atomic E-state index is -3.42. The topological polar surface area (TPSA) is 121 Å². The Bertz CT molecular complexity index is 605. The number of benzene rings is 1. The van der Waals surface area contributed by atoms with Gasteiger partial charge in [0.1, 0.15) is 6.04 Å². The van der Waals surface area contributed by atoms with Gasteiger partial charge in [-0.1, -0.05) is 0 Å². The molecule has 0 aromatic heterocycles. The van der Waals surface area contributed by atoms with Crippen molar-refractivity contribution < 1.29 is 18.3 Å². The lowest BCUT2D eigenvalue weighted by Crippen LogP contribution is -2.32. The number of nitrogens with two attached hydrogens (primary N) is 1. The van der Waals surface area contributed by atoms with Crippen molar-refractivity contribution in [1.29, 1.82) is 5.26 Å². The number of thioether (sulfide) groups is 1. The number of nitrogens with zero attached hydrogens (tertiary/aromatic N) is 1. The molecular formula is C12H14N2O4S2. The highest BCUT2D eigenvalue weighted by molar-refractivity contribution is 8.00. The Morgan fingerprint density at radius 2 is 2.00 bits per heavy atom. The van der Waals surface area contributed by atoms with Crippen molar-refractivity contribution in [3.8, 4) is 6.07 Å². The van der Waals surface area contributed by atoms with Crippen molar-refractivity contribution in [3.63, 3.8) is 0 Å². The predicted molar refractivity (Wildman–Crippen MR) is 76.1 cm³/mol. The van der Waals surface area contributed by atoms with Crippen molar-refractivity contribution in [3.05, 3.63) is 29.8 Å². The van der Waals surface area contributed by atoms with Crippen LogP contribution in [0.3, 0.4) is 0 Å². The van der Waals surface area contributed by atoms with E-state index < -0.39 is 21.8 Å². The van der Waals surface area contributed by atoms with Crippen LogP contribution in [0.1, 0.15) is 5.56 Å². The van der Waals surface area contributed by atoms with Crippen LogP contribution in [-0.4, -0.2) is 42.8 Å². The average molecular weight is 314 g/mol. The molecule has 0 aliphatic carbocycles. The normalized spacial score (nSPS) is 12.6. The molecule has 0 aliphatic heterocycles. The van der Waals surface area contributed by atoms with Gasteiger partial charge in [-0.05, 0) is 24.3 Å². The van der Waals surface area contributed by atoms with Crippen molar-refractivity contribution in [2.24, 2.45) is 5.73 Å². The Balaban J connectivity index is 2.53. The van der Waals surface area contributed by atoms with E-state index in [0.29, 0.717) is 5.56 Å². The fourth-order valence-corrected chi connectivity index (χ4v) is 4.00. The molecule has 8 heteroatoms. The van der Waals surface area contributed by atoms with E-state index in [1.165, 1.54) is 36.0 Å². The van der Waals surface area contributed by atoms with Gasteiger partial charge in [0, 0.05) is 11.5 Å². The molecule has 1 atom stereocenters. The molecule has 0 saturated heterocycles. The molecular weight excluding hydrogens is 300 g/mol. The fraction of sp³-hybridized carbons (Fsp3) is 0.333. The molecule has 0 amide bonds. The van der Waals surface area contributed by atoms with Crippen LogP contribution in [0.2, 0.25) is 0 Å². The standard InChI is InChI=1S/C12H14N2O4S2/c13-7-9-1-3-10(4-2-9)20(17,18)6-5-19-8-11(14)12(15)16/h1-4,11H,5-6,8,14H2,(H,15,16). The van der Waals surface area contributed by atoms with Gasteiger partial charge in [0.2, 0.25) is 0 Å². The zero-order valence-electron chi connectivity index (χ0n) is 10.5. The molecule has 0 fully saturated rings. The van der Waals surface area contributed by atoms with Crippen LogP contribution in [0.4, 0.5) is 0 Å². The first-order chi connectivity index (χ1) is 9.36. The highest BCUT2D eigenvalue weighted by atomic mass is 32.2. The molecule has 0 spiro atoms. The monoisotopic (exact) mass is 314 g/mol. The molecule has 0 radical (unpaired) electrons. The maximum Gasteiger partial charge on any atom is 0.321 e. The Labute approximate surface area is 121 Å². The lowest BCUT2D eigenvalue weighted by molar-refractivity contribution is -0.137. The number of hydrogen-bond donors (Lipinski definition) is 2. The second-order valence-electron chi connectivity index (χ2n) is 3.97. The molecule has 6 nitrogen and oxygen atoms in total. The number of sulfone groups is 1.